The van der Waals surface area contributed by atoms with Gasteiger partial charge >= 0.3 is 5.97 Å². The number of aliphatic hydroxyl groups excluding tert-OH is 1. The molecule has 1 aliphatic carbocycles. The first-order valence-corrected chi connectivity index (χ1v) is 6.67. The second-order valence-electron chi connectivity index (χ2n) is 5.15. The number of fused-ring (bicyclic) bond motifs is 1. The van der Waals surface area contributed by atoms with Gasteiger partial charge in [-0.2, -0.15) is 0 Å². The van der Waals surface area contributed by atoms with E-state index in [1.54, 1.807) is 0 Å². The molecule has 3 heteroatoms. The average molecular weight is 226 g/mol. The summed E-state index contributed by atoms with van der Waals surface area (Å²) in [5, 5.41) is 9.70. The highest BCUT2D eigenvalue weighted by atomic mass is 16.6. The van der Waals surface area contributed by atoms with Gasteiger partial charge in [0.2, 0.25) is 6.29 Å². The van der Waals surface area contributed by atoms with Gasteiger partial charge in [0.1, 0.15) is 0 Å². The maximum atomic E-state index is 11.6. The zero-order chi connectivity index (χ0) is 11.4. The molecule has 2 rings (SSSR count). The molecule has 2 aliphatic rings. The largest absolute Gasteiger partial charge is 0.435 e. The van der Waals surface area contributed by atoms with Crippen LogP contribution in [-0.2, 0) is 9.53 Å². The predicted octanol–water partition coefficient (Wildman–Crippen LogP) is 2.62. The number of carbonyl (C=O) groups is 1. The van der Waals surface area contributed by atoms with Crippen molar-refractivity contribution >= 4 is 5.97 Å². The number of esters is 1. The molecule has 0 amide bonds. The van der Waals surface area contributed by atoms with E-state index in [4.69, 9.17) is 4.74 Å². The van der Waals surface area contributed by atoms with Crippen molar-refractivity contribution in [2.75, 3.05) is 0 Å². The maximum Gasteiger partial charge on any atom is 0.311 e. The first-order valence-electron chi connectivity index (χ1n) is 6.67. The Labute approximate surface area is 97.2 Å². The average Bonchev–Trinajstić information content (AvgIpc) is 2.51. The molecule has 1 saturated carbocycles. The molecule has 1 N–H and O–H groups in total. The number of ether oxygens (including phenoxy) is 1. The van der Waals surface area contributed by atoms with Gasteiger partial charge in [-0.15, -0.1) is 0 Å². The fourth-order valence-electron chi connectivity index (χ4n) is 2.97. The van der Waals surface area contributed by atoms with E-state index < -0.39 is 6.29 Å². The number of hydrogen-bond acceptors (Lipinski definition) is 3. The number of hydrogen-bond donors (Lipinski definition) is 1. The van der Waals surface area contributed by atoms with Crippen LogP contribution in [0.5, 0.6) is 0 Å². The van der Waals surface area contributed by atoms with Crippen molar-refractivity contribution in [3.05, 3.63) is 0 Å². The van der Waals surface area contributed by atoms with E-state index in [9.17, 15) is 9.90 Å². The second-order valence-corrected chi connectivity index (χ2v) is 5.15. The van der Waals surface area contributed by atoms with Crippen LogP contribution < -0.4 is 0 Å². The van der Waals surface area contributed by atoms with Crippen LogP contribution in [0, 0.1) is 11.8 Å². The van der Waals surface area contributed by atoms with E-state index in [0.717, 1.165) is 25.7 Å². The topological polar surface area (TPSA) is 46.5 Å². The first kappa shape index (κ1) is 11.9. The van der Waals surface area contributed by atoms with E-state index in [1.165, 1.54) is 32.1 Å². The van der Waals surface area contributed by atoms with Gasteiger partial charge in [0.15, 0.2) is 0 Å². The third kappa shape index (κ3) is 2.76. The highest BCUT2D eigenvalue weighted by Crippen LogP contribution is 2.35. The number of aliphatic hydroxyl groups is 1. The molecule has 16 heavy (non-hydrogen) atoms. The van der Waals surface area contributed by atoms with Crippen LogP contribution in [0.4, 0.5) is 0 Å². The van der Waals surface area contributed by atoms with Crippen LogP contribution in [0.1, 0.15) is 57.8 Å². The van der Waals surface area contributed by atoms with Gasteiger partial charge in [0, 0.05) is 5.92 Å². The molecule has 1 aliphatic heterocycles. The summed E-state index contributed by atoms with van der Waals surface area (Å²) in [6.45, 7) is 0. The highest BCUT2D eigenvalue weighted by Gasteiger charge is 2.42. The molecular formula is C13H22O3. The lowest BCUT2D eigenvalue weighted by atomic mass is 9.86. The monoisotopic (exact) mass is 226 g/mol. The van der Waals surface area contributed by atoms with Gasteiger partial charge in [-0.1, -0.05) is 44.9 Å². The lowest BCUT2D eigenvalue weighted by Crippen LogP contribution is -2.20. The molecule has 3 nitrogen and oxygen atoms in total. The summed E-state index contributed by atoms with van der Waals surface area (Å²) in [4.78, 5) is 11.6. The molecule has 0 spiro atoms. The summed E-state index contributed by atoms with van der Waals surface area (Å²) in [5.74, 6) is -0.143. The Morgan fingerprint density at radius 2 is 1.50 bits per heavy atom. The van der Waals surface area contributed by atoms with E-state index >= 15 is 0 Å². The van der Waals surface area contributed by atoms with Crippen molar-refractivity contribution in [3.63, 3.8) is 0 Å². The minimum Gasteiger partial charge on any atom is -0.435 e. The van der Waals surface area contributed by atoms with Crippen molar-refractivity contribution in [1.82, 2.24) is 0 Å². The van der Waals surface area contributed by atoms with E-state index in [-0.39, 0.29) is 17.8 Å². The Bertz CT molecular complexity index is 239. The summed E-state index contributed by atoms with van der Waals surface area (Å²) in [6.07, 6.45) is 9.57. The summed E-state index contributed by atoms with van der Waals surface area (Å²) in [6, 6.07) is 0. The zero-order valence-electron chi connectivity index (χ0n) is 9.86. The predicted molar refractivity (Wildman–Crippen MR) is 60.6 cm³/mol. The molecule has 2 fully saturated rings. The number of rotatable bonds is 0. The van der Waals surface area contributed by atoms with Crippen LogP contribution in [0.25, 0.3) is 0 Å². The van der Waals surface area contributed by atoms with Crippen LogP contribution in [-0.4, -0.2) is 17.4 Å². The second kappa shape index (κ2) is 5.67. The summed E-state index contributed by atoms with van der Waals surface area (Å²) >= 11 is 0. The quantitative estimate of drug-likeness (QED) is 0.646. The standard InChI is InChI=1S/C13H22O3/c14-12-10-8-6-4-2-1-3-5-7-9-11(10)13(15)16-12/h10-12,14H,1-9H2. The van der Waals surface area contributed by atoms with Crippen LogP contribution in [0.3, 0.4) is 0 Å². The summed E-state index contributed by atoms with van der Waals surface area (Å²) < 4.78 is 4.95. The van der Waals surface area contributed by atoms with Crippen molar-refractivity contribution in [2.24, 2.45) is 11.8 Å². The fraction of sp³-hybridized carbons (Fsp3) is 0.923. The molecule has 0 bridgehead atoms. The third-order valence-electron chi connectivity index (χ3n) is 3.98. The molecule has 0 aromatic carbocycles. The van der Waals surface area contributed by atoms with Crippen molar-refractivity contribution in [2.45, 2.75) is 64.1 Å². The SMILES string of the molecule is O=C1OC(O)C2CCCCCCCCCC12. The molecule has 1 saturated heterocycles. The maximum absolute atomic E-state index is 11.6. The summed E-state index contributed by atoms with van der Waals surface area (Å²) in [5.41, 5.74) is 0. The van der Waals surface area contributed by atoms with Crippen LogP contribution in [0.2, 0.25) is 0 Å². The first-order chi connectivity index (χ1) is 7.79. The Hall–Kier alpha value is -0.570. The molecular weight excluding hydrogens is 204 g/mol. The minimum atomic E-state index is -0.835. The van der Waals surface area contributed by atoms with Gasteiger partial charge in [0.25, 0.3) is 0 Å². The smallest absolute Gasteiger partial charge is 0.311 e. The molecule has 1 heterocycles. The number of cyclic esters (lactones) is 1. The molecule has 92 valence electrons. The van der Waals surface area contributed by atoms with Crippen LogP contribution >= 0.6 is 0 Å². The lowest BCUT2D eigenvalue weighted by molar-refractivity contribution is -0.157. The Kier molecular flexibility index (Phi) is 4.22. The normalized spacial score (nSPS) is 37.3. The third-order valence-corrected chi connectivity index (χ3v) is 3.98. The zero-order valence-corrected chi connectivity index (χ0v) is 9.86. The number of carbonyl (C=O) groups excluding carboxylic acids is 1. The van der Waals surface area contributed by atoms with E-state index in [1.807, 2.05) is 0 Å². The van der Waals surface area contributed by atoms with Crippen molar-refractivity contribution in [3.8, 4) is 0 Å². The molecule has 0 aromatic heterocycles. The molecule has 3 unspecified atom stereocenters. The van der Waals surface area contributed by atoms with Gasteiger partial charge in [-0.3, -0.25) is 4.79 Å². The minimum absolute atomic E-state index is 0.0342. The van der Waals surface area contributed by atoms with Gasteiger partial charge in [-0.25, -0.2) is 0 Å². The summed E-state index contributed by atoms with van der Waals surface area (Å²) in [7, 11) is 0. The van der Waals surface area contributed by atoms with Crippen molar-refractivity contribution < 1.29 is 14.6 Å². The molecule has 0 aromatic rings. The van der Waals surface area contributed by atoms with E-state index in [0.29, 0.717) is 0 Å². The van der Waals surface area contributed by atoms with E-state index in [2.05, 4.69) is 0 Å². The fourth-order valence-corrected chi connectivity index (χ4v) is 2.97. The Morgan fingerprint density at radius 3 is 2.19 bits per heavy atom. The highest BCUT2D eigenvalue weighted by molar-refractivity contribution is 5.74. The van der Waals surface area contributed by atoms with Gasteiger partial charge in [0.05, 0.1) is 5.92 Å². The molecule has 0 radical (unpaired) electrons. The molecule has 3 atom stereocenters. The Balaban J connectivity index is 1.96. The van der Waals surface area contributed by atoms with Crippen LogP contribution in [0.15, 0.2) is 0 Å². The lowest BCUT2D eigenvalue weighted by Gasteiger charge is -2.16. The van der Waals surface area contributed by atoms with Crippen molar-refractivity contribution in [1.29, 1.82) is 0 Å². The Morgan fingerprint density at radius 1 is 0.938 bits per heavy atom. The van der Waals surface area contributed by atoms with Gasteiger partial charge in [-0.05, 0) is 12.8 Å². The van der Waals surface area contributed by atoms with Gasteiger partial charge < -0.3 is 9.84 Å².